The number of methoxy groups -OCH3 is 1. The average Bonchev–Trinajstić information content (AvgIpc) is 3.70. The Morgan fingerprint density at radius 3 is 2.64 bits per heavy atom. The molecule has 2 aromatic carbocycles. The van der Waals surface area contributed by atoms with E-state index in [0.29, 0.717) is 43.2 Å². The van der Waals surface area contributed by atoms with E-state index in [9.17, 15) is 14.0 Å². The standard InChI is InChI=1S/C28H36FN3O4/c1-18-14-32(15-20-6-5-7-22(29)12-20)19(2)17-36-25-13-23(30-27(33)21-8-9-21)10-11-24(25)28(34)31(3)16-26(18)35-4/h5-7,10-13,18-19,21,26H,8-9,14-17H2,1-4H3,(H,30,33)/t18-,19+,26-/m1/s1. The number of carbonyl (C=O) groups is 2. The van der Waals surface area contributed by atoms with Gasteiger partial charge in [-0.3, -0.25) is 14.5 Å². The first-order chi connectivity index (χ1) is 17.2. The van der Waals surface area contributed by atoms with Crippen LogP contribution in [0.5, 0.6) is 5.75 Å². The van der Waals surface area contributed by atoms with E-state index in [1.165, 1.54) is 6.07 Å². The Bertz CT molecular complexity index is 1090. The van der Waals surface area contributed by atoms with E-state index in [4.69, 9.17) is 9.47 Å². The predicted molar refractivity (Wildman–Crippen MR) is 136 cm³/mol. The Labute approximate surface area is 212 Å². The first kappa shape index (κ1) is 26.1. The van der Waals surface area contributed by atoms with Gasteiger partial charge in [0.1, 0.15) is 18.2 Å². The molecular formula is C28H36FN3O4. The van der Waals surface area contributed by atoms with Gasteiger partial charge in [0.05, 0.1) is 11.7 Å². The number of ether oxygens (including phenoxy) is 2. The number of carbonyl (C=O) groups excluding carboxylic acids is 2. The number of benzene rings is 2. The third-order valence-corrected chi connectivity index (χ3v) is 7.07. The average molecular weight is 498 g/mol. The molecule has 1 heterocycles. The second-order valence-corrected chi connectivity index (χ2v) is 10.1. The van der Waals surface area contributed by atoms with Crippen molar-refractivity contribution >= 4 is 17.5 Å². The number of anilines is 1. The van der Waals surface area contributed by atoms with Crippen LogP contribution in [-0.2, 0) is 16.1 Å². The molecule has 1 aliphatic heterocycles. The zero-order chi connectivity index (χ0) is 25.8. The molecule has 2 amide bonds. The van der Waals surface area contributed by atoms with Gasteiger partial charge in [0.25, 0.3) is 5.91 Å². The van der Waals surface area contributed by atoms with Crippen LogP contribution in [0.4, 0.5) is 10.1 Å². The monoisotopic (exact) mass is 497 g/mol. The molecule has 0 unspecified atom stereocenters. The number of nitrogens with zero attached hydrogens (tertiary/aromatic N) is 2. The van der Waals surface area contributed by atoms with Crippen LogP contribution in [0.15, 0.2) is 42.5 Å². The Morgan fingerprint density at radius 1 is 1.17 bits per heavy atom. The van der Waals surface area contributed by atoms with Crippen LogP contribution in [0.2, 0.25) is 0 Å². The molecule has 36 heavy (non-hydrogen) atoms. The van der Waals surface area contributed by atoms with Crippen molar-refractivity contribution in [2.24, 2.45) is 11.8 Å². The number of hydrogen-bond acceptors (Lipinski definition) is 5. The molecule has 1 N–H and O–H groups in total. The van der Waals surface area contributed by atoms with E-state index < -0.39 is 0 Å². The third kappa shape index (κ3) is 6.42. The van der Waals surface area contributed by atoms with E-state index in [2.05, 4.69) is 24.1 Å². The lowest BCUT2D eigenvalue weighted by atomic mass is 10.0. The van der Waals surface area contributed by atoms with Crippen LogP contribution < -0.4 is 10.1 Å². The number of nitrogens with one attached hydrogen (secondary N) is 1. The summed E-state index contributed by atoms with van der Waals surface area (Å²) in [5, 5.41) is 2.94. The summed E-state index contributed by atoms with van der Waals surface area (Å²) in [7, 11) is 3.42. The summed E-state index contributed by atoms with van der Waals surface area (Å²) in [6, 6.07) is 11.8. The molecule has 0 aromatic heterocycles. The summed E-state index contributed by atoms with van der Waals surface area (Å²) in [6.07, 6.45) is 1.64. The van der Waals surface area contributed by atoms with Gasteiger partial charge in [0.2, 0.25) is 5.91 Å². The van der Waals surface area contributed by atoms with Crippen molar-refractivity contribution in [3.63, 3.8) is 0 Å². The first-order valence-electron chi connectivity index (χ1n) is 12.6. The first-order valence-corrected chi connectivity index (χ1v) is 12.6. The van der Waals surface area contributed by atoms with Crippen molar-refractivity contribution in [2.75, 3.05) is 39.2 Å². The van der Waals surface area contributed by atoms with Gasteiger partial charge in [0.15, 0.2) is 0 Å². The molecule has 3 atom stereocenters. The lowest BCUT2D eigenvalue weighted by molar-refractivity contribution is -0.117. The van der Waals surface area contributed by atoms with Crippen LogP contribution in [-0.4, -0.2) is 67.6 Å². The van der Waals surface area contributed by atoms with Gasteiger partial charge >= 0.3 is 0 Å². The van der Waals surface area contributed by atoms with Crippen molar-refractivity contribution in [1.82, 2.24) is 9.80 Å². The molecule has 1 fully saturated rings. The van der Waals surface area contributed by atoms with E-state index >= 15 is 0 Å². The second-order valence-electron chi connectivity index (χ2n) is 10.1. The molecule has 0 spiro atoms. The van der Waals surface area contributed by atoms with E-state index in [-0.39, 0.29) is 41.6 Å². The van der Waals surface area contributed by atoms with Crippen LogP contribution in [0.3, 0.4) is 0 Å². The summed E-state index contributed by atoms with van der Waals surface area (Å²) >= 11 is 0. The number of rotatable bonds is 5. The topological polar surface area (TPSA) is 71.1 Å². The maximum Gasteiger partial charge on any atom is 0.257 e. The van der Waals surface area contributed by atoms with Crippen molar-refractivity contribution in [3.8, 4) is 5.75 Å². The maximum absolute atomic E-state index is 13.9. The number of halogens is 1. The summed E-state index contributed by atoms with van der Waals surface area (Å²) in [4.78, 5) is 29.5. The highest BCUT2D eigenvalue weighted by Gasteiger charge is 2.31. The summed E-state index contributed by atoms with van der Waals surface area (Å²) in [5.41, 5.74) is 1.93. The van der Waals surface area contributed by atoms with Crippen LogP contribution in [0, 0.1) is 17.7 Å². The van der Waals surface area contributed by atoms with Crippen LogP contribution in [0.25, 0.3) is 0 Å². The van der Waals surface area contributed by atoms with Crippen molar-refractivity contribution in [1.29, 1.82) is 0 Å². The van der Waals surface area contributed by atoms with E-state index in [1.807, 2.05) is 6.07 Å². The Morgan fingerprint density at radius 2 is 1.94 bits per heavy atom. The molecule has 2 aliphatic rings. The van der Waals surface area contributed by atoms with Crippen molar-refractivity contribution < 1.29 is 23.5 Å². The molecule has 7 nitrogen and oxygen atoms in total. The Kier molecular flexibility index (Phi) is 8.26. The number of likely N-dealkylation sites (N-methyl/N-ethyl adjacent to an activating group) is 1. The molecule has 1 aliphatic carbocycles. The SMILES string of the molecule is CO[C@@H]1CN(C)C(=O)c2ccc(NC(=O)C3CC3)cc2OC[C@H](C)N(Cc2cccc(F)c2)C[C@H]1C. The lowest BCUT2D eigenvalue weighted by Crippen LogP contribution is -2.46. The number of amides is 2. The molecule has 0 radical (unpaired) electrons. The van der Waals surface area contributed by atoms with Crippen molar-refractivity contribution in [2.45, 2.75) is 45.4 Å². The molecular weight excluding hydrogens is 461 g/mol. The van der Waals surface area contributed by atoms with Gasteiger partial charge < -0.3 is 19.7 Å². The summed E-state index contributed by atoms with van der Waals surface area (Å²) in [6.45, 7) is 6.15. The van der Waals surface area contributed by atoms with Crippen molar-refractivity contribution in [3.05, 3.63) is 59.4 Å². The molecule has 0 bridgehead atoms. The molecule has 4 rings (SSSR count). The zero-order valence-corrected chi connectivity index (χ0v) is 21.5. The van der Waals surface area contributed by atoms with Gasteiger partial charge in [-0.25, -0.2) is 4.39 Å². The fourth-order valence-corrected chi connectivity index (χ4v) is 4.60. The molecule has 0 saturated heterocycles. The zero-order valence-electron chi connectivity index (χ0n) is 21.5. The van der Waals surface area contributed by atoms with Gasteiger partial charge in [-0.1, -0.05) is 19.1 Å². The second kappa shape index (κ2) is 11.4. The lowest BCUT2D eigenvalue weighted by Gasteiger charge is -2.36. The summed E-state index contributed by atoms with van der Waals surface area (Å²) < 4.78 is 25.9. The Hall–Kier alpha value is -2.97. The molecule has 1 saturated carbocycles. The number of fused-ring (bicyclic) bond motifs is 1. The molecule has 8 heteroatoms. The minimum absolute atomic E-state index is 0.00175. The maximum atomic E-state index is 13.9. The minimum Gasteiger partial charge on any atom is -0.491 e. The fraction of sp³-hybridized carbons (Fsp3) is 0.500. The highest BCUT2D eigenvalue weighted by Crippen LogP contribution is 2.32. The molecule has 194 valence electrons. The normalized spacial score (nSPS) is 23.8. The third-order valence-electron chi connectivity index (χ3n) is 7.07. The Balaban J connectivity index is 1.62. The molecule has 2 aromatic rings. The van der Waals surface area contributed by atoms with Gasteiger partial charge in [0, 0.05) is 57.5 Å². The highest BCUT2D eigenvalue weighted by atomic mass is 19.1. The van der Waals surface area contributed by atoms with Gasteiger partial charge in [-0.05, 0) is 55.5 Å². The minimum atomic E-state index is -0.261. The van der Waals surface area contributed by atoms with E-state index in [0.717, 1.165) is 18.4 Å². The predicted octanol–water partition coefficient (Wildman–Crippen LogP) is 4.18. The van der Waals surface area contributed by atoms with Crippen LogP contribution in [0.1, 0.15) is 42.6 Å². The summed E-state index contributed by atoms with van der Waals surface area (Å²) in [5.74, 6) is 0.190. The quantitative estimate of drug-likeness (QED) is 0.671. The van der Waals surface area contributed by atoms with Gasteiger partial charge in [-0.2, -0.15) is 0 Å². The fourth-order valence-electron chi connectivity index (χ4n) is 4.60. The smallest absolute Gasteiger partial charge is 0.257 e. The van der Waals surface area contributed by atoms with E-state index in [1.54, 1.807) is 49.4 Å². The van der Waals surface area contributed by atoms with Gasteiger partial charge in [-0.15, -0.1) is 0 Å². The largest absolute Gasteiger partial charge is 0.491 e. The highest BCUT2D eigenvalue weighted by molar-refractivity contribution is 5.99. The number of hydrogen-bond donors (Lipinski definition) is 1. The van der Waals surface area contributed by atoms with Crippen LogP contribution >= 0.6 is 0 Å².